The van der Waals surface area contributed by atoms with Gasteiger partial charge in [0, 0.05) is 28.1 Å². The number of nitrogens with zero attached hydrogens (tertiary/aromatic N) is 1. The molecule has 1 aliphatic rings. The van der Waals surface area contributed by atoms with Gasteiger partial charge in [0.1, 0.15) is 5.75 Å². The van der Waals surface area contributed by atoms with Crippen molar-refractivity contribution in [3.05, 3.63) is 34.9 Å². The summed E-state index contributed by atoms with van der Waals surface area (Å²) in [5.41, 5.74) is 2.73. The zero-order chi connectivity index (χ0) is 16.1. The van der Waals surface area contributed by atoms with E-state index in [0.717, 1.165) is 19.5 Å². The fourth-order valence-electron chi connectivity index (χ4n) is 3.01. The molecule has 0 radical (unpaired) electrons. The Kier molecular flexibility index (Phi) is 6.37. The molecule has 0 bridgehead atoms. The van der Waals surface area contributed by atoms with Crippen molar-refractivity contribution in [2.24, 2.45) is 5.92 Å². The Bertz CT molecular complexity index is 538. The third kappa shape index (κ3) is 4.78. The first kappa shape index (κ1) is 17.4. The fraction of sp³-hybridized carbons (Fsp3) is 0.533. The van der Waals surface area contributed by atoms with Crippen LogP contribution in [0.15, 0.2) is 24.3 Å². The lowest BCUT2D eigenvalue weighted by Crippen LogP contribution is -2.40. The maximum Gasteiger partial charge on any atom is 0.255 e. The number of nitrogens with one attached hydrogen (secondary N) is 1. The largest absolute Gasteiger partial charge is 0.306 e. The number of carbonyl (C=O) groups is 1. The Balaban J connectivity index is 2.08. The van der Waals surface area contributed by atoms with E-state index in [1.54, 1.807) is 0 Å². The summed E-state index contributed by atoms with van der Waals surface area (Å²) in [7, 11) is 0.764. The summed E-state index contributed by atoms with van der Waals surface area (Å²) < 4.78 is 12.1. The van der Waals surface area contributed by atoms with E-state index in [9.17, 15) is 9.00 Å². The molecule has 0 spiro atoms. The van der Waals surface area contributed by atoms with E-state index in [-0.39, 0.29) is 11.7 Å². The van der Waals surface area contributed by atoms with Gasteiger partial charge < -0.3 is 4.90 Å². The highest BCUT2D eigenvalue weighted by atomic mass is 35.5. The average molecular weight is 345 g/mol. The van der Waals surface area contributed by atoms with E-state index >= 15 is 0 Å². The van der Waals surface area contributed by atoms with Crippen molar-refractivity contribution in [2.45, 2.75) is 12.3 Å². The molecule has 7 heteroatoms. The van der Waals surface area contributed by atoms with E-state index in [2.05, 4.69) is 11.9 Å². The van der Waals surface area contributed by atoms with Gasteiger partial charge in [-0.1, -0.05) is 23.7 Å². The minimum atomic E-state index is -1.29. The molecule has 0 aromatic heterocycles. The van der Waals surface area contributed by atoms with Crippen molar-refractivity contribution in [1.29, 1.82) is 0 Å². The summed E-state index contributed by atoms with van der Waals surface area (Å²) in [6.07, 6.45) is 0.992. The Hall–Kier alpha value is -0.950. The lowest BCUT2D eigenvalue weighted by atomic mass is 9.81. The molecule has 1 fully saturated rings. The molecule has 5 nitrogen and oxygen atoms in total. The Labute approximate surface area is 138 Å². The molecule has 1 aliphatic heterocycles. The molecule has 22 heavy (non-hydrogen) atoms. The number of piperidine rings is 1. The van der Waals surface area contributed by atoms with E-state index in [1.165, 1.54) is 11.0 Å². The first-order valence-corrected chi connectivity index (χ1v) is 9.08. The van der Waals surface area contributed by atoms with Gasteiger partial charge in [0.2, 0.25) is 0 Å². The van der Waals surface area contributed by atoms with Crippen molar-refractivity contribution < 1.29 is 14.2 Å². The normalized spacial score (nSPS) is 24.0. The molecule has 2 N–H and O–H groups in total. The number of hydrogen-bond donors (Lipinski definition) is 2. The summed E-state index contributed by atoms with van der Waals surface area (Å²) in [5.74, 6) is 0.210. The highest BCUT2D eigenvalue weighted by Crippen LogP contribution is 2.33. The lowest BCUT2D eigenvalue weighted by Gasteiger charge is -2.37. The van der Waals surface area contributed by atoms with E-state index in [1.807, 2.05) is 24.3 Å². The predicted octanol–water partition coefficient (Wildman–Crippen LogP) is 1.63. The lowest BCUT2D eigenvalue weighted by molar-refractivity contribution is -0.126. The van der Waals surface area contributed by atoms with Gasteiger partial charge in [0.15, 0.2) is 0 Å². The zero-order valence-electron chi connectivity index (χ0n) is 12.5. The van der Waals surface area contributed by atoms with Crippen LogP contribution in [0.3, 0.4) is 0 Å². The highest BCUT2D eigenvalue weighted by Gasteiger charge is 2.30. The monoisotopic (exact) mass is 344 g/mol. The topological polar surface area (TPSA) is 69.6 Å². The van der Waals surface area contributed by atoms with Crippen molar-refractivity contribution in [1.82, 2.24) is 10.4 Å². The Morgan fingerprint density at radius 2 is 2.14 bits per heavy atom. The van der Waals surface area contributed by atoms with Gasteiger partial charge >= 0.3 is 0 Å². The van der Waals surface area contributed by atoms with E-state index < -0.39 is 16.7 Å². The van der Waals surface area contributed by atoms with Gasteiger partial charge in [0.05, 0.1) is 0 Å². The van der Waals surface area contributed by atoms with Crippen molar-refractivity contribution in [3.8, 4) is 0 Å². The maximum absolute atomic E-state index is 12.1. The van der Waals surface area contributed by atoms with Crippen LogP contribution in [0.1, 0.15) is 17.9 Å². The van der Waals surface area contributed by atoms with Crippen molar-refractivity contribution in [2.75, 3.05) is 31.6 Å². The molecule has 3 unspecified atom stereocenters. The van der Waals surface area contributed by atoms with Gasteiger partial charge in [0.25, 0.3) is 5.91 Å². The molecule has 1 saturated heterocycles. The summed E-state index contributed by atoms with van der Waals surface area (Å²) >= 11 is 5.94. The molecule has 1 amide bonds. The van der Waals surface area contributed by atoms with Crippen LogP contribution < -0.4 is 5.48 Å². The SMILES string of the molecule is CN1CCC(c2ccc(Cl)cc2)C(CS(=O)CC(=O)NO)C1. The Morgan fingerprint density at radius 3 is 2.77 bits per heavy atom. The smallest absolute Gasteiger partial charge is 0.255 e. The number of hydroxylamine groups is 1. The van der Waals surface area contributed by atoms with E-state index in [0.29, 0.717) is 16.7 Å². The minimum Gasteiger partial charge on any atom is -0.306 e. The quantitative estimate of drug-likeness (QED) is 0.629. The van der Waals surface area contributed by atoms with Crippen LogP contribution in [-0.2, 0) is 15.6 Å². The molecule has 1 aromatic carbocycles. The van der Waals surface area contributed by atoms with E-state index in [4.69, 9.17) is 16.8 Å². The second kappa shape index (κ2) is 8.06. The standard InChI is InChI=1S/C15H21ClN2O3S/c1-18-7-6-14(11-2-4-13(16)5-3-11)12(8-18)9-22(21)10-15(19)17-20/h2-5,12,14,20H,6-10H2,1H3,(H,17,19). The predicted molar refractivity (Wildman–Crippen MR) is 87.6 cm³/mol. The highest BCUT2D eigenvalue weighted by molar-refractivity contribution is 7.85. The fourth-order valence-corrected chi connectivity index (χ4v) is 4.42. The number of benzene rings is 1. The maximum atomic E-state index is 12.1. The van der Waals surface area contributed by atoms with Crippen LogP contribution in [-0.4, -0.2) is 51.9 Å². The molecular formula is C15H21ClN2O3S. The summed E-state index contributed by atoms with van der Waals surface area (Å²) in [4.78, 5) is 13.4. The second-order valence-corrected chi connectivity index (χ2v) is 7.69. The average Bonchev–Trinajstić information content (AvgIpc) is 2.48. The molecule has 0 saturated carbocycles. The summed E-state index contributed by atoms with van der Waals surface area (Å²) in [5, 5.41) is 9.24. The number of rotatable bonds is 5. The van der Waals surface area contributed by atoms with Crippen LogP contribution >= 0.6 is 11.6 Å². The van der Waals surface area contributed by atoms with Crippen LogP contribution in [0, 0.1) is 5.92 Å². The zero-order valence-corrected chi connectivity index (χ0v) is 14.1. The molecule has 0 aliphatic carbocycles. The van der Waals surface area contributed by atoms with Gasteiger partial charge in [-0.2, -0.15) is 0 Å². The van der Waals surface area contributed by atoms with Crippen LogP contribution in [0.2, 0.25) is 5.02 Å². The molecule has 1 heterocycles. The van der Waals surface area contributed by atoms with Gasteiger partial charge in [-0.25, -0.2) is 5.48 Å². The molecule has 1 aromatic rings. The third-order valence-corrected chi connectivity index (χ3v) is 5.69. The molecule has 3 atom stereocenters. The van der Waals surface area contributed by atoms with Crippen molar-refractivity contribution >= 4 is 28.3 Å². The number of halogens is 1. The van der Waals surface area contributed by atoms with Gasteiger partial charge in [-0.3, -0.25) is 14.2 Å². The van der Waals surface area contributed by atoms with Gasteiger partial charge in [-0.05, 0) is 49.5 Å². The minimum absolute atomic E-state index is 0.163. The summed E-state index contributed by atoms with van der Waals surface area (Å²) in [6, 6.07) is 7.80. The number of likely N-dealkylation sites (tertiary alicyclic amines) is 1. The second-order valence-electron chi connectivity index (χ2n) is 5.75. The number of amides is 1. The number of carbonyl (C=O) groups excluding carboxylic acids is 1. The molecular weight excluding hydrogens is 324 g/mol. The summed E-state index contributed by atoms with van der Waals surface area (Å²) in [6.45, 7) is 1.84. The van der Waals surface area contributed by atoms with Gasteiger partial charge in [-0.15, -0.1) is 0 Å². The van der Waals surface area contributed by atoms with Crippen LogP contribution in [0.5, 0.6) is 0 Å². The first-order valence-electron chi connectivity index (χ1n) is 7.21. The molecule has 2 rings (SSSR count). The first-order chi connectivity index (χ1) is 10.5. The third-order valence-electron chi connectivity index (χ3n) is 4.05. The van der Waals surface area contributed by atoms with Crippen LogP contribution in [0.4, 0.5) is 0 Å². The van der Waals surface area contributed by atoms with Crippen molar-refractivity contribution in [3.63, 3.8) is 0 Å². The molecule has 122 valence electrons. The Morgan fingerprint density at radius 1 is 1.45 bits per heavy atom. The van der Waals surface area contributed by atoms with Crippen LogP contribution in [0.25, 0.3) is 0 Å². The number of hydrogen-bond acceptors (Lipinski definition) is 4.